The third-order valence-corrected chi connectivity index (χ3v) is 4.91. The van der Waals surface area contributed by atoms with Crippen molar-refractivity contribution in [3.8, 4) is 0 Å². The molecule has 3 nitrogen and oxygen atoms in total. The van der Waals surface area contributed by atoms with Gasteiger partial charge in [-0.25, -0.2) is 0 Å². The number of hydrogen-bond acceptors (Lipinski definition) is 3. The summed E-state index contributed by atoms with van der Waals surface area (Å²) >= 11 is 0. The van der Waals surface area contributed by atoms with Crippen LogP contribution in [-0.2, 0) is 15.9 Å². The summed E-state index contributed by atoms with van der Waals surface area (Å²) in [6.45, 7) is 7.94. The van der Waals surface area contributed by atoms with Crippen molar-refractivity contribution in [2.24, 2.45) is 5.41 Å². The third kappa shape index (κ3) is 4.65. The van der Waals surface area contributed by atoms with Crippen LogP contribution in [0.2, 0.25) is 0 Å². The van der Waals surface area contributed by atoms with Gasteiger partial charge in [-0.1, -0.05) is 56.5 Å². The van der Waals surface area contributed by atoms with Gasteiger partial charge in [0.1, 0.15) is 0 Å². The van der Waals surface area contributed by atoms with Gasteiger partial charge in [0.05, 0.1) is 19.4 Å². The van der Waals surface area contributed by atoms with Crippen molar-refractivity contribution < 1.29 is 9.47 Å². The molecule has 1 aliphatic heterocycles. The molecule has 2 rings (SSSR count). The second kappa shape index (κ2) is 8.07. The summed E-state index contributed by atoms with van der Waals surface area (Å²) in [6.07, 6.45) is 7.47. The summed E-state index contributed by atoms with van der Waals surface area (Å²) in [7, 11) is 0. The molecule has 23 heavy (non-hydrogen) atoms. The van der Waals surface area contributed by atoms with E-state index in [9.17, 15) is 0 Å². The highest BCUT2D eigenvalue weighted by Crippen LogP contribution is 2.38. The summed E-state index contributed by atoms with van der Waals surface area (Å²) in [5.41, 5.74) is 2.67. The van der Waals surface area contributed by atoms with Crippen molar-refractivity contribution in [3.63, 3.8) is 0 Å². The van der Waals surface area contributed by atoms with E-state index in [0.29, 0.717) is 19.6 Å². The van der Waals surface area contributed by atoms with Crippen LogP contribution in [0.15, 0.2) is 24.3 Å². The van der Waals surface area contributed by atoms with E-state index in [1.165, 1.54) is 17.3 Å². The zero-order chi connectivity index (χ0) is 16.8. The van der Waals surface area contributed by atoms with Gasteiger partial charge < -0.3 is 14.9 Å². The Morgan fingerprint density at radius 2 is 1.57 bits per heavy atom. The first-order valence-electron chi connectivity index (χ1n) is 8.92. The topological polar surface area (TPSA) is 42.3 Å². The van der Waals surface area contributed by atoms with Crippen LogP contribution in [0.1, 0.15) is 57.1 Å². The maximum absolute atomic E-state index is 7.80. The number of ether oxygens (including phenoxy) is 2. The summed E-state index contributed by atoms with van der Waals surface area (Å²) in [6, 6.07) is 8.55. The van der Waals surface area contributed by atoms with Gasteiger partial charge in [-0.15, -0.1) is 0 Å². The van der Waals surface area contributed by atoms with Crippen LogP contribution in [0.25, 0.3) is 0 Å². The van der Waals surface area contributed by atoms with Crippen LogP contribution in [0.4, 0.5) is 0 Å². The van der Waals surface area contributed by atoms with Gasteiger partial charge in [-0.05, 0) is 31.7 Å². The lowest BCUT2D eigenvalue weighted by Crippen LogP contribution is -2.50. The minimum atomic E-state index is -0.837. The SMILES string of the molecule is CCCC1(CCC)COC(C=N)(CCc2ccc(C)cc2)OC1. The molecule has 1 fully saturated rings. The predicted octanol–water partition coefficient (Wildman–Crippen LogP) is 4.91. The minimum absolute atomic E-state index is 0.139. The molecule has 0 radical (unpaired) electrons. The predicted molar refractivity (Wildman–Crippen MR) is 95.2 cm³/mol. The summed E-state index contributed by atoms with van der Waals surface area (Å²) in [5, 5.41) is 7.80. The van der Waals surface area contributed by atoms with Crippen LogP contribution in [0.3, 0.4) is 0 Å². The Hall–Kier alpha value is -1.19. The van der Waals surface area contributed by atoms with Gasteiger partial charge in [0.2, 0.25) is 5.79 Å². The largest absolute Gasteiger partial charge is 0.344 e. The van der Waals surface area contributed by atoms with Gasteiger partial charge in [-0.3, -0.25) is 0 Å². The highest BCUT2D eigenvalue weighted by molar-refractivity contribution is 5.63. The average Bonchev–Trinajstić information content (AvgIpc) is 2.57. The van der Waals surface area contributed by atoms with Gasteiger partial charge in [0, 0.05) is 11.8 Å². The van der Waals surface area contributed by atoms with Crippen LogP contribution < -0.4 is 0 Å². The van der Waals surface area contributed by atoms with Gasteiger partial charge >= 0.3 is 0 Å². The maximum atomic E-state index is 7.80. The first-order valence-corrected chi connectivity index (χ1v) is 8.92. The second-order valence-electron chi connectivity index (χ2n) is 7.02. The van der Waals surface area contributed by atoms with Crippen molar-refractivity contribution in [1.29, 1.82) is 5.41 Å². The van der Waals surface area contributed by atoms with E-state index in [1.807, 2.05) is 0 Å². The molecule has 0 saturated carbocycles. The minimum Gasteiger partial charge on any atom is -0.344 e. The number of rotatable bonds is 8. The van der Waals surface area contributed by atoms with Crippen molar-refractivity contribution in [2.45, 2.75) is 65.1 Å². The van der Waals surface area contributed by atoms with Crippen LogP contribution in [0, 0.1) is 17.7 Å². The van der Waals surface area contributed by atoms with Crippen molar-refractivity contribution in [2.75, 3.05) is 13.2 Å². The van der Waals surface area contributed by atoms with Crippen LogP contribution in [0.5, 0.6) is 0 Å². The first-order chi connectivity index (χ1) is 11.1. The van der Waals surface area contributed by atoms with E-state index < -0.39 is 5.79 Å². The molecule has 1 saturated heterocycles. The summed E-state index contributed by atoms with van der Waals surface area (Å²) in [4.78, 5) is 0. The van der Waals surface area contributed by atoms with Gasteiger partial charge in [-0.2, -0.15) is 0 Å². The molecule has 128 valence electrons. The highest BCUT2D eigenvalue weighted by atomic mass is 16.7. The zero-order valence-electron chi connectivity index (χ0n) is 14.9. The summed E-state index contributed by atoms with van der Waals surface area (Å²) < 4.78 is 12.2. The lowest BCUT2D eigenvalue weighted by molar-refractivity contribution is -0.269. The fourth-order valence-corrected chi connectivity index (χ4v) is 3.48. The van der Waals surface area contributed by atoms with Crippen LogP contribution >= 0.6 is 0 Å². The molecule has 0 spiro atoms. The average molecular weight is 317 g/mol. The number of aryl methyl sites for hydroxylation is 2. The van der Waals surface area contributed by atoms with E-state index in [0.717, 1.165) is 32.1 Å². The van der Waals surface area contributed by atoms with Crippen molar-refractivity contribution in [3.05, 3.63) is 35.4 Å². The second-order valence-corrected chi connectivity index (χ2v) is 7.02. The van der Waals surface area contributed by atoms with Crippen LogP contribution in [-0.4, -0.2) is 25.2 Å². The smallest absolute Gasteiger partial charge is 0.204 e. The lowest BCUT2D eigenvalue weighted by Gasteiger charge is -2.45. The molecule has 1 aromatic carbocycles. The van der Waals surface area contributed by atoms with E-state index >= 15 is 0 Å². The molecule has 0 amide bonds. The quantitative estimate of drug-likeness (QED) is 0.692. The molecule has 0 atom stereocenters. The van der Waals surface area contributed by atoms with Crippen molar-refractivity contribution >= 4 is 6.21 Å². The maximum Gasteiger partial charge on any atom is 0.204 e. The third-order valence-electron chi connectivity index (χ3n) is 4.91. The lowest BCUT2D eigenvalue weighted by atomic mass is 9.80. The Morgan fingerprint density at radius 3 is 2.04 bits per heavy atom. The highest BCUT2D eigenvalue weighted by Gasteiger charge is 2.42. The molecule has 0 aliphatic carbocycles. The number of nitrogens with one attached hydrogen (secondary N) is 1. The Bertz CT molecular complexity index is 479. The van der Waals surface area contributed by atoms with Gasteiger partial charge in [0.15, 0.2) is 0 Å². The fourth-order valence-electron chi connectivity index (χ4n) is 3.48. The molecule has 1 aromatic rings. The van der Waals surface area contributed by atoms with E-state index in [2.05, 4.69) is 45.0 Å². The standard InChI is InChI=1S/C20H31NO2/c1-4-11-19(12-5-2)15-22-20(14-21,23-16-19)13-10-18-8-6-17(3)7-9-18/h6-9,14,21H,4-5,10-13,15-16H2,1-3H3. The number of hydrogen-bond donors (Lipinski definition) is 1. The van der Waals surface area contributed by atoms with Gasteiger partial charge in [0.25, 0.3) is 0 Å². The Balaban J connectivity index is 1.97. The monoisotopic (exact) mass is 317 g/mol. The zero-order valence-corrected chi connectivity index (χ0v) is 14.9. The molecule has 0 bridgehead atoms. The summed E-state index contributed by atoms with van der Waals surface area (Å²) in [5.74, 6) is -0.837. The molecule has 1 heterocycles. The van der Waals surface area contributed by atoms with E-state index in [-0.39, 0.29) is 5.41 Å². The Labute approximate surface area is 140 Å². The molecule has 3 heteroatoms. The fraction of sp³-hybridized carbons (Fsp3) is 0.650. The Morgan fingerprint density at radius 1 is 1.00 bits per heavy atom. The molecular weight excluding hydrogens is 286 g/mol. The molecular formula is C20H31NO2. The molecule has 0 unspecified atom stereocenters. The molecule has 0 aromatic heterocycles. The number of benzene rings is 1. The van der Waals surface area contributed by atoms with E-state index in [4.69, 9.17) is 14.9 Å². The molecule has 1 aliphatic rings. The normalized spacial score (nSPS) is 19.4. The van der Waals surface area contributed by atoms with Crippen molar-refractivity contribution in [1.82, 2.24) is 0 Å². The molecule has 1 N–H and O–H groups in total. The van der Waals surface area contributed by atoms with E-state index in [1.54, 1.807) is 0 Å². The first kappa shape index (κ1) is 18.2. The Kier molecular flexibility index (Phi) is 6.37.